The summed E-state index contributed by atoms with van der Waals surface area (Å²) in [6, 6.07) is 8.51. The van der Waals surface area contributed by atoms with Crippen LogP contribution in [0.3, 0.4) is 0 Å². The molecular weight excluding hydrogens is 403 g/mol. The van der Waals surface area contributed by atoms with E-state index >= 15 is 0 Å². The third-order valence-electron chi connectivity index (χ3n) is 4.75. The van der Waals surface area contributed by atoms with Gasteiger partial charge in [0.2, 0.25) is 10.0 Å². The lowest BCUT2D eigenvalue weighted by molar-refractivity contribution is 0.102. The van der Waals surface area contributed by atoms with Crippen LogP contribution in [0, 0.1) is 12.7 Å². The number of anilines is 1. The fourth-order valence-corrected chi connectivity index (χ4v) is 5.20. The molecule has 3 rings (SSSR count). The molecule has 2 aromatic carbocycles. The molecule has 1 heterocycles. The van der Waals surface area contributed by atoms with Crippen molar-refractivity contribution in [3.8, 4) is 0 Å². The molecule has 1 fully saturated rings. The van der Waals surface area contributed by atoms with Gasteiger partial charge in [0.25, 0.3) is 5.91 Å². The molecule has 1 N–H and O–H groups in total. The number of nitrogens with zero attached hydrogens (tertiary/aromatic N) is 1. The molecule has 1 aliphatic heterocycles. The van der Waals surface area contributed by atoms with Crippen molar-refractivity contribution >= 4 is 33.2 Å². The van der Waals surface area contributed by atoms with Crippen LogP contribution < -0.4 is 5.32 Å². The number of rotatable bonds is 4. The number of benzene rings is 2. The third kappa shape index (κ3) is 4.54. The fraction of sp³-hybridized carbons (Fsp3) is 0.350. The number of nitrogens with one attached hydrogen (secondary N) is 1. The predicted octanol–water partition coefficient (Wildman–Crippen LogP) is 4.60. The molecule has 0 spiro atoms. The summed E-state index contributed by atoms with van der Waals surface area (Å²) < 4.78 is 41.5. The summed E-state index contributed by atoms with van der Waals surface area (Å²) >= 11 is 6.15. The van der Waals surface area contributed by atoms with Gasteiger partial charge >= 0.3 is 0 Å². The van der Waals surface area contributed by atoms with Crippen LogP contribution >= 0.6 is 11.6 Å². The Bertz CT molecular complexity index is 987. The molecule has 1 saturated heterocycles. The molecule has 0 atom stereocenters. The number of carbonyl (C=O) groups excluding carboxylic acids is 1. The lowest BCUT2D eigenvalue weighted by atomic mass is 10.2. The quantitative estimate of drug-likeness (QED) is 0.779. The van der Waals surface area contributed by atoms with E-state index in [9.17, 15) is 17.6 Å². The van der Waals surface area contributed by atoms with Crippen molar-refractivity contribution in [2.24, 2.45) is 0 Å². The van der Waals surface area contributed by atoms with E-state index in [2.05, 4.69) is 5.32 Å². The maximum atomic E-state index is 14.0. The van der Waals surface area contributed by atoms with Crippen LogP contribution in [0.25, 0.3) is 0 Å². The van der Waals surface area contributed by atoms with E-state index in [1.165, 1.54) is 34.6 Å². The van der Waals surface area contributed by atoms with Crippen LogP contribution in [0.4, 0.5) is 10.1 Å². The van der Waals surface area contributed by atoms with E-state index in [-0.39, 0.29) is 21.2 Å². The molecule has 8 heteroatoms. The zero-order chi connectivity index (χ0) is 20.3. The highest BCUT2D eigenvalue weighted by Crippen LogP contribution is 2.28. The Hall–Kier alpha value is -1.96. The van der Waals surface area contributed by atoms with E-state index in [1.807, 2.05) is 0 Å². The average molecular weight is 425 g/mol. The first-order valence-electron chi connectivity index (χ1n) is 9.16. The van der Waals surface area contributed by atoms with Crippen LogP contribution in [0.5, 0.6) is 0 Å². The standard InChI is InChI=1S/C20H22ClFN2O3S/c1-14-6-9-18(17(22)12-14)23-20(25)15-7-8-16(21)19(13-15)28(26,27)24-10-4-2-3-5-11-24/h6-9,12-13H,2-5,10-11H2,1H3,(H,23,25). The average Bonchev–Trinajstić information content (AvgIpc) is 2.94. The molecule has 2 aromatic rings. The molecule has 0 aliphatic carbocycles. The number of halogens is 2. The lowest BCUT2D eigenvalue weighted by Crippen LogP contribution is -2.32. The highest BCUT2D eigenvalue weighted by molar-refractivity contribution is 7.89. The Balaban J connectivity index is 1.89. The van der Waals surface area contributed by atoms with Gasteiger partial charge in [-0.1, -0.05) is 30.5 Å². The maximum absolute atomic E-state index is 14.0. The minimum absolute atomic E-state index is 0.0301. The Morgan fingerprint density at radius 2 is 1.75 bits per heavy atom. The summed E-state index contributed by atoms with van der Waals surface area (Å²) in [6.07, 6.45) is 3.57. The third-order valence-corrected chi connectivity index (χ3v) is 7.13. The predicted molar refractivity (Wildman–Crippen MR) is 108 cm³/mol. The number of sulfonamides is 1. The van der Waals surface area contributed by atoms with Crippen molar-refractivity contribution in [3.05, 3.63) is 58.4 Å². The monoisotopic (exact) mass is 424 g/mol. The zero-order valence-electron chi connectivity index (χ0n) is 15.5. The fourth-order valence-electron chi connectivity index (χ4n) is 3.18. The number of hydrogen-bond donors (Lipinski definition) is 1. The van der Waals surface area contributed by atoms with E-state index in [4.69, 9.17) is 11.6 Å². The molecule has 5 nitrogen and oxygen atoms in total. The van der Waals surface area contributed by atoms with E-state index < -0.39 is 21.7 Å². The summed E-state index contributed by atoms with van der Waals surface area (Å²) in [7, 11) is -3.81. The smallest absolute Gasteiger partial charge is 0.255 e. The summed E-state index contributed by atoms with van der Waals surface area (Å²) in [4.78, 5) is 12.4. The van der Waals surface area contributed by atoms with Crippen LogP contribution in [-0.2, 0) is 10.0 Å². The Morgan fingerprint density at radius 3 is 2.39 bits per heavy atom. The minimum atomic E-state index is -3.81. The normalized spacial score (nSPS) is 15.8. The molecule has 0 radical (unpaired) electrons. The summed E-state index contributed by atoms with van der Waals surface area (Å²) in [5.41, 5.74) is 0.855. The van der Waals surface area contributed by atoms with Gasteiger partial charge in [-0.2, -0.15) is 4.31 Å². The Kier molecular flexibility index (Phi) is 6.37. The first-order valence-corrected chi connectivity index (χ1v) is 11.0. The second-order valence-corrected chi connectivity index (χ2v) is 9.21. The molecule has 1 aliphatic rings. The second kappa shape index (κ2) is 8.59. The summed E-state index contributed by atoms with van der Waals surface area (Å²) in [5.74, 6) is -1.16. The largest absolute Gasteiger partial charge is 0.319 e. The maximum Gasteiger partial charge on any atom is 0.255 e. The van der Waals surface area contributed by atoms with Gasteiger partial charge < -0.3 is 5.32 Å². The number of carbonyl (C=O) groups is 1. The first-order chi connectivity index (χ1) is 13.3. The van der Waals surface area contributed by atoms with Crippen molar-refractivity contribution in [1.29, 1.82) is 0 Å². The topological polar surface area (TPSA) is 66.5 Å². The Morgan fingerprint density at radius 1 is 1.07 bits per heavy atom. The minimum Gasteiger partial charge on any atom is -0.319 e. The highest BCUT2D eigenvalue weighted by Gasteiger charge is 2.28. The summed E-state index contributed by atoms with van der Waals surface area (Å²) in [5, 5.41) is 2.53. The van der Waals surface area contributed by atoms with Gasteiger partial charge in [-0.05, 0) is 55.7 Å². The van der Waals surface area contributed by atoms with Crippen LogP contribution in [-0.4, -0.2) is 31.7 Å². The van der Waals surface area contributed by atoms with Crippen molar-refractivity contribution in [3.63, 3.8) is 0 Å². The van der Waals surface area contributed by atoms with Gasteiger partial charge in [0.1, 0.15) is 10.7 Å². The first kappa shape index (κ1) is 20.8. The van der Waals surface area contributed by atoms with E-state index in [0.717, 1.165) is 31.2 Å². The molecule has 0 saturated carbocycles. The molecule has 0 unspecified atom stereocenters. The lowest BCUT2D eigenvalue weighted by Gasteiger charge is -2.21. The van der Waals surface area contributed by atoms with E-state index in [1.54, 1.807) is 13.0 Å². The van der Waals surface area contributed by atoms with Crippen molar-refractivity contribution in [1.82, 2.24) is 4.31 Å². The highest BCUT2D eigenvalue weighted by atomic mass is 35.5. The molecule has 150 valence electrons. The molecule has 28 heavy (non-hydrogen) atoms. The van der Waals surface area contributed by atoms with E-state index in [0.29, 0.717) is 13.1 Å². The SMILES string of the molecule is Cc1ccc(NC(=O)c2ccc(Cl)c(S(=O)(=O)N3CCCCCC3)c2)c(F)c1. The van der Waals surface area contributed by atoms with Crippen molar-refractivity contribution < 1.29 is 17.6 Å². The second-order valence-electron chi connectivity index (χ2n) is 6.90. The zero-order valence-corrected chi connectivity index (χ0v) is 17.1. The van der Waals surface area contributed by atoms with Crippen LogP contribution in [0.2, 0.25) is 5.02 Å². The summed E-state index contributed by atoms with van der Waals surface area (Å²) in [6.45, 7) is 2.61. The van der Waals surface area contributed by atoms with Crippen LogP contribution in [0.15, 0.2) is 41.3 Å². The van der Waals surface area contributed by atoms with Gasteiger partial charge in [0.05, 0.1) is 10.7 Å². The van der Waals surface area contributed by atoms with Gasteiger partial charge in [0.15, 0.2) is 0 Å². The van der Waals surface area contributed by atoms with Gasteiger partial charge in [-0.25, -0.2) is 12.8 Å². The van der Waals surface area contributed by atoms with Gasteiger partial charge in [-0.3, -0.25) is 4.79 Å². The molecule has 0 bridgehead atoms. The molecule has 1 amide bonds. The van der Waals surface area contributed by atoms with Crippen LogP contribution in [0.1, 0.15) is 41.6 Å². The van der Waals surface area contributed by atoms with Gasteiger partial charge in [0, 0.05) is 18.7 Å². The number of aryl methyl sites for hydroxylation is 1. The van der Waals surface area contributed by atoms with Crippen molar-refractivity contribution in [2.75, 3.05) is 18.4 Å². The van der Waals surface area contributed by atoms with Crippen molar-refractivity contribution in [2.45, 2.75) is 37.5 Å². The molecular formula is C20H22ClFN2O3S. The number of amides is 1. The Labute approximate surface area is 169 Å². The molecule has 0 aromatic heterocycles. The van der Waals surface area contributed by atoms with Gasteiger partial charge in [-0.15, -0.1) is 0 Å². The number of hydrogen-bond acceptors (Lipinski definition) is 3.